The van der Waals surface area contributed by atoms with Crippen LogP contribution < -0.4 is 15.8 Å². The number of hydrogen-bond acceptors (Lipinski definition) is 5. The summed E-state index contributed by atoms with van der Waals surface area (Å²) in [6.07, 6.45) is 0. The Balaban J connectivity index is 2.71. The molecule has 0 saturated carbocycles. The van der Waals surface area contributed by atoms with Crippen LogP contribution in [0.5, 0.6) is 0 Å². The number of nitrogens with one attached hydrogen (secondary N) is 2. The largest absolute Gasteiger partial charge is 0.351 e. The molecule has 0 bridgehead atoms. The van der Waals surface area contributed by atoms with Crippen LogP contribution >= 0.6 is 11.3 Å². The van der Waals surface area contributed by atoms with E-state index in [0.29, 0.717) is 6.54 Å². The molecule has 0 aliphatic rings. The highest BCUT2D eigenvalue weighted by atomic mass is 32.2. The molecule has 1 aromatic heterocycles. The summed E-state index contributed by atoms with van der Waals surface area (Å²) in [5.74, 6) is -0.152. The molecule has 0 aliphatic heterocycles. The Labute approximate surface area is 117 Å². The number of thiophene rings is 1. The van der Waals surface area contributed by atoms with Gasteiger partial charge in [0.1, 0.15) is 4.21 Å². The van der Waals surface area contributed by atoms with Gasteiger partial charge in [0.05, 0.1) is 6.54 Å². The van der Waals surface area contributed by atoms with E-state index in [1.807, 2.05) is 0 Å². The molecule has 6 nitrogen and oxygen atoms in total. The maximum atomic E-state index is 12.0. The maximum Gasteiger partial charge on any atom is 0.250 e. The molecule has 1 heterocycles. The van der Waals surface area contributed by atoms with Crippen LogP contribution in [0.4, 0.5) is 0 Å². The van der Waals surface area contributed by atoms with E-state index in [1.165, 1.54) is 13.0 Å². The van der Waals surface area contributed by atoms with E-state index in [1.54, 1.807) is 19.9 Å². The molecule has 0 unspecified atom stereocenters. The van der Waals surface area contributed by atoms with Crippen molar-refractivity contribution in [2.24, 2.45) is 5.73 Å². The molecule has 0 fully saturated rings. The molecule has 19 heavy (non-hydrogen) atoms. The molecule has 1 amide bonds. The third-order valence-corrected chi connectivity index (χ3v) is 5.11. The second-order valence-corrected chi connectivity index (χ2v) is 8.11. The van der Waals surface area contributed by atoms with Gasteiger partial charge in [-0.3, -0.25) is 4.79 Å². The van der Waals surface area contributed by atoms with E-state index < -0.39 is 15.6 Å². The van der Waals surface area contributed by atoms with Gasteiger partial charge in [0.25, 0.3) is 0 Å². The zero-order valence-electron chi connectivity index (χ0n) is 11.2. The first kappa shape index (κ1) is 16.1. The number of nitrogens with two attached hydrogens (primary N) is 1. The zero-order valence-corrected chi connectivity index (χ0v) is 12.8. The molecule has 1 rings (SSSR count). The first-order chi connectivity index (χ1) is 8.60. The number of rotatable bonds is 6. The molecule has 8 heteroatoms. The summed E-state index contributed by atoms with van der Waals surface area (Å²) >= 11 is 1.13. The molecular formula is C11H19N3O3S2. The molecule has 0 aromatic carbocycles. The average Bonchev–Trinajstić information content (AvgIpc) is 2.72. The van der Waals surface area contributed by atoms with Gasteiger partial charge in [0, 0.05) is 23.9 Å². The van der Waals surface area contributed by atoms with Crippen molar-refractivity contribution in [3.05, 3.63) is 17.0 Å². The van der Waals surface area contributed by atoms with Gasteiger partial charge in [-0.2, -0.15) is 0 Å². The summed E-state index contributed by atoms with van der Waals surface area (Å²) in [5, 5.41) is 2.62. The molecular weight excluding hydrogens is 286 g/mol. The summed E-state index contributed by atoms with van der Waals surface area (Å²) in [7, 11) is -3.54. The monoisotopic (exact) mass is 305 g/mol. The van der Waals surface area contributed by atoms with Crippen LogP contribution in [-0.4, -0.2) is 26.4 Å². The van der Waals surface area contributed by atoms with Gasteiger partial charge in [-0.25, -0.2) is 13.1 Å². The number of carbonyl (C=O) groups excluding carboxylic acids is 1. The van der Waals surface area contributed by atoms with Crippen molar-refractivity contribution in [1.29, 1.82) is 0 Å². The molecule has 0 spiro atoms. The Morgan fingerprint density at radius 3 is 2.58 bits per heavy atom. The van der Waals surface area contributed by atoms with Crippen LogP contribution in [-0.2, 0) is 21.4 Å². The molecule has 108 valence electrons. The highest BCUT2D eigenvalue weighted by Crippen LogP contribution is 2.21. The number of carbonyl (C=O) groups is 1. The highest BCUT2D eigenvalue weighted by molar-refractivity contribution is 7.91. The Hall–Kier alpha value is -0.960. The standard InChI is InChI=1S/C11H19N3O3S2/c1-8(15)13-6-9-4-5-10(18-9)19(16,17)14-7-11(2,3)12/h4-5,14H,6-7,12H2,1-3H3,(H,13,15). The predicted octanol–water partition coefficient (Wildman–Crippen LogP) is 0.400. The van der Waals surface area contributed by atoms with Crippen LogP contribution in [0.15, 0.2) is 16.3 Å². The fourth-order valence-electron chi connectivity index (χ4n) is 1.16. The van der Waals surface area contributed by atoms with Gasteiger partial charge in [-0.1, -0.05) is 0 Å². The second-order valence-electron chi connectivity index (χ2n) is 4.94. The van der Waals surface area contributed by atoms with Crippen LogP contribution in [0.25, 0.3) is 0 Å². The fourth-order valence-corrected chi connectivity index (χ4v) is 3.72. The van der Waals surface area contributed by atoms with Crippen LogP contribution in [0.3, 0.4) is 0 Å². The minimum Gasteiger partial charge on any atom is -0.351 e. The SMILES string of the molecule is CC(=O)NCc1ccc(S(=O)(=O)NCC(C)(C)N)s1. The van der Waals surface area contributed by atoms with Crippen LogP contribution in [0, 0.1) is 0 Å². The fraction of sp³-hybridized carbons (Fsp3) is 0.545. The minimum atomic E-state index is -3.54. The van der Waals surface area contributed by atoms with Crippen molar-refractivity contribution in [2.75, 3.05) is 6.54 Å². The van der Waals surface area contributed by atoms with E-state index in [9.17, 15) is 13.2 Å². The molecule has 0 saturated heterocycles. The van der Waals surface area contributed by atoms with E-state index >= 15 is 0 Å². The predicted molar refractivity (Wildman–Crippen MR) is 75.3 cm³/mol. The lowest BCUT2D eigenvalue weighted by Crippen LogP contribution is -2.44. The summed E-state index contributed by atoms with van der Waals surface area (Å²) in [5.41, 5.74) is 5.13. The van der Waals surface area contributed by atoms with Gasteiger partial charge < -0.3 is 11.1 Å². The number of amides is 1. The summed E-state index contributed by atoms with van der Waals surface area (Å²) < 4.78 is 26.7. The second kappa shape index (κ2) is 6.00. The van der Waals surface area contributed by atoms with Crippen molar-refractivity contribution in [3.8, 4) is 0 Å². The van der Waals surface area contributed by atoms with Crippen LogP contribution in [0.1, 0.15) is 25.6 Å². The molecule has 0 atom stereocenters. The smallest absolute Gasteiger partial charge is 0.250 e. The van der Waals surface area contributed by atoms with Crippen molar-refractivity contribution in [3.63, 3.8) is 0 Å². The first-order valence-electron chi connectivity index (χ1n) is 5.72. The van der Waals surface area contributed by atoms with Gasteiger partial charge in [0.2, 0.25) is 15.9 Å². The lowest BCUT2D eigenvalue weighted by molar-refractivity contribution is -0.119. The maximum absolute atomic E-state index is 12.0. The van der Waals surface area contributed by atoms with E-state index in [-0.39, 0.29) is 16.7 Å². The van der Waals surface area contributed by atoms with E-state index in [0.717, 1.165) is 16.2 Å². The molecule has 0 radical (unpaired) electrons. The minimum absolute atomic E-state index is 0.152. The topological polar surface area (TPSA) is 101 Å². The summed E-state index contributed by atoms with van der Waals surface area (Å²) in [4.78, 5) is 11.6. The summed E-state index contributed by atoms with van der Waals surface area (Å²) in [6.45, 7) is 5.39. The third-order valence-electron chi connectivity index (χ3n) is 2.13. The first-order valence-corrected chi connectivity index (χ1v) is 8.02. The van der Waals surface area contributed by atoms with Gasteiger partial charge in [-0.15, -0.1) is 11.3 Å². The number of sulfonamides is 1. The third kappa shape index (κ3) is 5.68. The van der Waals surface area contributed by atoms with Crippen molar-refractivity contribution < 1.29 is 13.2 Å². The Morgan fingerprint density at radius 1 is 1.42 bits per heavy atom. The molecule has 0 aliphatic carbocycles. The molecule has 4 N–H and O–H groups in total. The Morgan fingerprint density at radius 2 is 2.05 bits per heavy atom. The van der Waals surface area contributed by atoms with Gasteiger partial charge in [0.15, 0.2) is 0 Å². The van der Waals surface area contributed by atoms with Gasteiger partial charge in [-0.05, 0) is 26.0 Å². The van der Waals surface area contributed by atoms with Crippen molar-refractivity contribution >= 4 is 27.3 Å². The lowest BCUT2D eigenvalue weighted by Gasteiger charge is -2.18. The van der Waals surface area contributed by atoms with E-state index in [2.05, 4.69) is 10.0 Å². The van der Waals surface area contributed by atoms with Crippen LogP contribution in [0.2, 0.25) is 0 Å². The van der Waals surface area contributed by atoms with Crippen molar-refractivity contribution in [1.82, 2.24) is 10.0 Å². The quantitative estimate of drug-likeness (QED) is 0.708. The Kier molecular flexibility index (Phi) is 5.08. The van der Waals surface area contributed by atoms with Crippen molar-refractivity contribution in [2.45, 2.75) is 37.1 Å². The summed E-state index contributed by atoms with van der Waals surface area (Å²) in [6, 6.07) is 3.20. The normalized spacial score (nSPS) is 12.4. The Bertz CT molecular complexity index is 544. The average molecular weight is 305 g/mol. The molecule has 1 aromatic rings. The number of hydrogen-bond donors (Lipinski definition) is 3. The highest BCUT2D eigenvalue weighted by Gasteiger charge is 2.20. The van der Waals surface area contributed by atoms with E-state index in [4.69, 9.17) is 5.73 Å². The lowest BCUT2D eigenvalue weighted by atomic mass is 10.1. The zero-order chi connectivity index (χ0) is 14.7. The van der Waals surface area contributed by atoms with Gasteiger partial charge >= 0.3 is 0 Å².